The van der Waals surface area contributed by atoms with Crippen LogP contribution < -0.4 is 10.6 Å². The lowest BCUT2D eigenvalue weighted by molar-refractivity contribution is 0.102. The molecule has 0 aliphatic heterocycles. The fourth-order valence-electron chi connectivity index (χ4n) is 1.30. The number of anilines is 2. The average Bonchev–Trinajstić information content (AvgIpc) is 2.76. The van der Waals surface area contributed by atoms with E-state index in [9.17, 15) is 4.79 Å². The van der Waals surface area contributed by atoms with Gasteiger partial charge >= 0.3 is 0 Å². The summed E-state index contributed by atoms with van der Waals surface area (Å²) in [7, 11) is 0. The minimum absolute atomic E-state index is 0.268. The molecule has 0 fully saturated rings. The molecule has 94 valence electrons. The van der Waals surface area contributed by atoms with Crippen molar-refractivity contribution in [1.29, 1.82) is 0 Å². The van der Waals surface area contributed by atoms with Crippen molar-refractivity contribution in [3.8, 4) is 0 Å². The van der Waals surface area contributed by atoms with Crippen molar-refractivity contribution < 1.29 is 4.79 Å². The molecule has 0 aliphatic carbocycles. The predicted octanol–water partition coefficient (Wildman–Crippen LogP) is 1.93. The SMILES string of the molecule is CCNc1ccc(C(=O)Nc2nc(C)cs2)nn1. The predicted molar refractivity (Wildman–Crippen MR) is 71.0 cm³/mol. The summed E-state index contributed by atoms with van der Waals surface area (Å²) in [6.07, 6.45) is 0. The summed E-state index contributed by atoms with van der Waals surface area (Å²) in [5, 5.41) is 15.9. The number of hydrogen-bond donors (Lipinski definition) is 2. The fourth-order valence-corrected chi connectivity index (χ4v) is 1.98. The van der Waals surface area contributed by atoms with Crippen LogP contribution in [0.4, 0.5) is 10.9 Å². The summed E-state index contributed by atoms with van der Waals surface area (Å²) < 4.78 is 0. The van der Waals surface area contributed by atoms with Crippen LogP contribution in [0.15, 0.2) is 17.5 Å². The number of amides is 1. The van der Waals surface area contributed by atoms with Gasteiger partial charge in [-0.15, -0.1) is 21.5 Å². The minimum Gasteiger partial charge on any atom is -0.369 e. The Morgan fingerprint density at radius 1 is 1.39 bits per heavy atom. The molecule has 0 saturated heterocycles. The Morgan fingerprint density at radius 3 is 2.78 bits per heavy atom. The van der Waals surface area contributed by atoms with Crippen molar-refractivity contribution in [1.82, 2.24) is 15.2 Å². The lowest BCUT2D eigenvalue weighted by Crippen LogP contribution is -2.14. The number of hydrogen-bond acceptors (Lipinski definition) is 6. The molecular weight excluding hydrogens is 250 g/mol. The van der Waals surface area contributed by atoms with E-state index in [1.807, 2.05) is 19.2 Å². The van der Waals surface area contributed by atoms with E-state index in [1.165, 1.54) is 11.3 Å². The second-order valence-electron chi connectivity index (χ2n) is 3.58. The van der Waals surface area contributed by atoms with Crippen LogP contribution in [0, 0.1) is 6.92 Å². The van der Waals surface area contributed by atoms with Crippen LogP contribution in [-0.4, -0.2) is 27.6 Å². The summed E-state index contributed by atoms with van der Waals surface area (Å²) in [6.45, 7) is 4.60. The van der Waals surface area contributed by atoms with Gasteiger partial charge in [-0.1, -0.05) is 0 Å². The number of aromatic nitrogens is 3. The molecule has 7 heteroatoms. The number of thiazole rings is 1. The number of carbonyl (C=O) groups is 1. The largest absolute Gasteiger partial charge is 0.369 e. The molecule has 1 amide bonds. The van der Waals surface area contributed by atoms with E-state index in [-0.39, 0.29) is 11.6 Å². The maximum Gasteiger partial charge on any atom is 0.277 e. The monoisotopic (exact) mass is 263 g/mol. The number of aryl methyl sites for hydroxylation is 1. The lowest BCUT2D eigenvalue weighted by atomic mass is 10.3. The average molecular weight is 263 g/mol. The zero-order valence-corrected chi connectivity index (χ0v) is 10.9. The van der Waals surface area contributed by atoms with E-state index in [0.29, 0.717) is 10.9 Å². The molecule has 0 aliphatic rings. The number of carbonyl (C=O) groups excluding carboxylic acids is 1. The van der Waals surface area contributed by atoms with Crippen LogP contribution >= 0.6 is 11.3 Å². The third-order valence-electron chi connectivity index (χ3n) is 2.09. The van der Waals surface area contributed by atoms with Gasteiger partial charge in [0, 0.05) is 11.9 Å². The number of nitrogens with zero attached hydrogens (tertiary/aromatic N) is 3. The van der Waals surface area contributed by atoms with E-state index in [0.717, 1.165) is 12.2 Å². The van der Waals surface area contributed by atoms with Crippen molar-refractivity contribution in [2.75, 3.05) is 17.2 Å². The van der Waals surface area contributed by atoms with Gasteiger partial charge in [0.1, 0.15) is 5.82 Å². The van der Waals surface area contributed by atoms with Crippen molar-refractivity contribution >= 4 is 28.2 Å². The highest BCUT2D eigenvalue weighted by molar-refractivity contribution is 7.13. The molecule has 6 nitrogen and oxygen atoms in total. The summed E-state index contributed by atoms with van der Waals surface area (Å²) >= 11 is 1.38. The molecular formula is C11H13N5OS. The van der Waals surface area contributed by atoms with Gasteiger partial charge in [-0.2, -0.15) is 0 Å². The Balaban J connectivity index is 2.04. The molecule has 0 unspecified atom stereocenters. The summed E-state index contributed by atoms with van der Waals surface area (Å²) in [4.78, 5) is 16.0. The van der Waals surface area contributed by atoms with Gasteiger partial charge in [0.25, 0.3) is 5.91 Å². The highest BCUT2D eigenvalue weighted by Gasteiger charge is 2.10. The highest BCUT2D eigenvalue weighted by Crippen LogP contribution is 2.15. The van der Waals surface area contributed by atoms with E-state index in [2.05, 4.69) is 25.8 Å². The lowest BCUT2D eigenvalue weighted by Gasteiger charge is -2.02. The number of nitrogens with one attached hydrogen (secondary N) is 2. The van der Waals surface area contributed by atoms with Gasteiger partial charge in [0.15, 0.2) is 10.8 Å². The molecule has 0 atom stereocenters. The van der Waals surface area contributed by atoms with Crippen molar-refractivity contribution in [2.24, 2.45) is 0 Å². The summed E-state index contributed by atoms with van der Waals surface area (Å²) in [5.74, 6) is 0.346. The summed E-state index contributed by atoms with van der Waals surface area (Å²) in [5.41, 5.74) is 1.15. The van der Waals surface area contributed by atoms with E-state index < -0.39 is 0 Å². The van der Waals surface area contributed by atoms with E-state index in [1.54, 1.807) is 12.1 Å². The zero-order valence-electron chi connectivity index (χ0n) is 10.1. The molecule has 2 N–H and O–H groups in total. The maximum absolute atomic E-state index is 11.8. The van der Waals surface area contributed by atoms with Crippen LogP contribution in [0.2, 0.25) is 0 Å². The molecule has 0 saturated carbocycles. The Morgan fingerprint density at radius 2 is 2.22 bits per heavy atom. The zero-order chi connectivity index (χ0) is 13.0. The van der Waals surface area contributed by atoms with Crippen LogP contribution in [0.5, 0.6) is 0 Å². The first-order valence-electron chi connectivity index (χ1n) is 5.50. The third kappa shape index (κ3) is 3.01. The second-order valence-corrected chi connectivity index (χ2v) is 4.44. The van der Waals surface area contributed by atoms with Gasteiger partial charge in [-0.3, -0.25) is 10.1 Å². The van der Waals surface area contributed by atoms with Crippen molar-refractivity contribution in [3.05, 3.63) is 28.9 Å². The van der Waals surface area contributed by atoms with E-state index >= 15 is 0 Å². The van der Waals surface area contributed by atoms with E-state index in [4.69, 9.17) is 0 Å². The van der Waals surface area contributed by atoms with Gasteiger partial charge in [-0.25, -0.2) is 4.98 Å². The first-order valence-corrected chi connectivity index (χ1v) is 6.38. The van der Waals surface area contributed by atoms with Gasteiger partial charge in [-0.05, 0) is 26.0 Å². The first-order chi connectivity index (χ1) is 8.69. The van der Waals surface area contributed by atoms with Gasteiger partial charge < -0.3 is 5.32 Å². The molecule has 0 radical (unpaired) electrons. The van der Waals surface area contributed by atoms with Gasteiger partial charge in [0.2, 0.25) is 0 Å². The third-order valence-corrected chi connectivity index (χ3v) is 2.97. The molecule has 18 heavy (non-hydrogen) atoms. The molecule has 0 aromatic carbocycles. The maximum atomic E-state index is 11.8. The quantitative estimate of drug-likeness (QED) is 0.881. The van der Waals surface area contributed by atoms with Crippen LogP contribution in [0.25, 0.3) is 0 Å². The Kier molecular flexibility index (Phi) is 3.83. The fraction of sp³-hybridized carbons (Fsp3) is 0.273. The van der Waals surface area contributed by atoms with Crippen LogP contribution in [-0.2, 0) is 0 Å². The molecule has 2 aromatic rings. The molecule has 0 bridgehead atoms. The number of rotatable bonds is 4. The smallest absolute Gasteiger partial charge is 0.277 e. The van der Waals surface area contributed by atoms with Crippen LogP contribution in [0.3, 0.4) is 0 Å². The molecule has 2 heterocycles. The normalized spacial score (nSPS) is 10.1. The highest BCUT2D eigenvalue weighted by atomic mass is 32.1. The van der Waals surface area contributed by atoms with Crippen molar-refractivity contribution in [3.63, 3.8) is 0 Å². The van der Waals surface area contributed by atoms with Crippen LogP contribution in [0.1, 0.15) is 23.1 Å². The molecule has 2 rings (SSSR count). The summed E-state index contributed by atoms with van der Waals surface area (Å²) in [6, 6.07) is 3.35. The first kappa shape index (κ1) is 12.4. The minimum atomic E-state index is -0.306. The Hall–Kier alpha value is -2.02. The Labute approximate surface area is 108 Å². The topological polar surface area (TPSA) is 79.8 Å². The van der Waals surface area contributed by atoms with Gasteiger partial charge in [0.05, 0.1) is 5.69 Å². The molecule has 2 aromatic heterocycles. The standard InChI is InChI=1S/C11H13N5OS/c1-3-12-9-5-4-8(15-16-9)10(17)14-11-13-7(2)6-18-11/h4-6H,3H2,1-2H3,(H,12,16)(H,13,14,17). The second kappa shape index (κ2) is 5.54. The molecule has 0 spiro atoms. The van der Waals surface area contributed by atoms with Crippen molar-refractivity contribution in [2.45, 2.75) is 13.8 Å². The Bertz CT molecular complexity index is 537.